The topological polar surface area (TPSA) is 82.2 Å². The van der Waals surface area contributed by atoms with Gasteiger partial charge in [-0.1, -0.05) is 6.07 Å². The lowest BCUT2D eigenvalue weighted by molar-refractivity contribution is 0.0723. The van der Waals surface area contributed by atoms with Crippen molar-refractivity contribution in [2.45, 2.75) is 45.3 Å². The summed E-state index contributed by atoms with van der Waals surface area (Å²) in [7, 11) is 0. The molecule has 31 heavy (non-hydrogen) atoms. The molecule has 0 spiro atoms. The number of hydrogen-bond acceptors (Lipinski definition) is 6. The summed E-state index contributed by atoms with van der Waals surface area (Å²) in [5, 5.41) is 2.11. The van der Waals surface area contributed by atoms with Gasteiger partial charge >= 0.3 is 0 Å². The highest BCUT2D eigenvalue weighted by molar-refractivity contribution is 7.10. The number of nitrogens with one attached hydrogen (secondary N) is 1. The maximum absolute atomic E-state index is 13.0. The fourth-order valence-corrected chi connectivity index (χ4v) is 5.44. The first-order chi connectivity index (χ1) is 15.1. The van der Waals surface area contributed by atoms with Gasteiger partial charge < -0.3 is 9.88 Å². The minimum Gasteiger partial charge on any atom is -0.327 e. The molecule has 0 aromatic carbocycles. The van der Waals surface area contributed by atoms with Crippen LogP contribution in [0.5, 0.6) is 0 Å². The van der Waals surface area contributed by atoms with Gasteiger partial charge in [-0.25, -0.2) is 4.98 Å². The lowest BCUT2D eigenvalue weighted by atomic mass is 10.1. The Labute approximate surface area is 184 Å². The maximum atomic E-state index is 13.0. The molecule has 160 valence electrons. The van der Waals surface area contributed by atoms with E-state index < -0.39 is 0 Å². The first kappa shape index (κ1) is 20.1. The number of aromatic nitrogens is 3. The van der Waals surface area contributed by atoms with Crippen LogP contribution in [0.1, 0.15) is 56.9 Å². The highest BCUT2D eigenvalue weighted by Gasteiger charge is 2.34. The molecule has 2 aliphatic rings. The van der Waals surface area contributed by atoms with Crippen LogP contribution in [0.15, 0.2) is 40.6 Å². The van der Waals surface area contributed by atoms with Gasteiger partial charge in [0.1, 0.15) is 11.5 Å². The molecule has 1 atom stereocenters. The Morgan fingerprint density at radius 3 is 2.97 bits per heavy atom. The lowest BCUT2D eigenvalue weighted by Gasteiger charge is -2.29. The van der Waals surface area contributed by atoms with E-state index in [1.54, 1.807) is 34.6 Å². The molecule has 0 aliphatic carbocycles. The van der Waals surface area contributed by atoms with E-state index in [0.29, 0.717) is 24.6 Å². The summed E-state index contributed by atoms with van der Waals surface area (Å²) >= 11 is 1.76. The quantitative estimate of drug-likeness (QED) is 0.681. The molecule has 1 saturated heterocycles. The van der Waals surface area contributed by atoms with E-state index in [2.05, 4.69) is 33.2 Å². The monoisotopic (exact) mass is 435 g/mol. The molecule has 0 saturated carbocycles. The molecule has 1 N–H and O–H groups in total. The summed E-state index contributed by atoms with van der Waals surface area (Å²) in [6.07, 6.45) is 4.06. The highest BCUT2D eigenvalue weighted by Crippen LogP contribution is 2.31. The normalized spacial score (nSPS) is 18.9. The van der Waals surface area contributed by atoms with Gasteiger partial charge in [-0.05, 0) is 48.9 Å². The Hall–Kier alpha value is -2.84. The third kappa shape index (κ3) is 3.93. The van der Waals surface area contributed by atoms with Gasteiger partial charge in [0, 0.05) is 43.7 Å². The number of hydrogen-bond donors (Lipinski definition) is 1. The van der Waals surface area contributed by atoms with Crippen molar-refractivity contribution in [3.05, 3.63) is 79.4 Å². The number of amides is 1. The van der Waals surface area contributed by atoms with E-state index in [-0.39, 0.29) is 17.5 Å². The molecule has 0 unspecified atom stereocenters. The predicted molar refractivity (Wildman–Crippen MR) is 119 cm³/mol. The number of thiophene rings is 1. The zero-order chi connectivity index (χ0) is 21.4. The Morgan fingerprint density at radius 2 is 2.19 bits per heavy atom. The summed E-state index contributed by atoms with van der Waals surface area (Å²) in [5.74, 6) is 0.494. The van der Waals surface area contributed by atoms with Crippen molar-refractivity contribution in [3.63, 3.8) is 0 Å². The molecule has 5 heterocycles. The zero-order valence-corrected chi connectivity index (χ0v) is 18.3. The van der Waals surface area contributed by atoms with Crippen molar-refractivity contribution >= 4 is 17.2 Å². The molecular formula is C23H25N5O2S. The van der Waals surface area contributed by atoms with Gasteiger partial charge in [-0.2, -0.15) is 0 Å². The van der Waals surface area contributed by atoms with Gasteiger partial charge in [0.2, 0.25) is 0 Å². The van der Waals surface area contributed by atoms with Crippen LogP contribution < -0.4 is 5.56 Å². The van der Waals surface area contributed by atoms with E-state index in [9.17, 15) is 9.59 Å². The summed E-state index contributed by atoms with van der Waals surface area (Å²) in [5.41, 5.74) is 3.27. The van der Waals surface area contributed by atoms with Crippen LogP contribution in [0.2, 0.25) is 0 Å². The van der Waals surface area contributed by atoms with Crippen LogP contribution in [-0.4, -0.2) is 43.7 Å². The van der Waals surface area contributed by atoms with Crippen LogP contribution in [0.25, 0.3) is 0 Å². The second-order valence-corrected chi connectivity index (χ2v) is 9.24. The fraction of sp³-hybridized carbons (Fsp3) is 0.391. The SMILES string of the molecule is Cc1ccsc1CN1CCc2nc([C@@H]3CCCN3C(=O)c3ccccn3)[nH]c(=O)c2C1. The van der Waals surface area contributed by atoms with Crippen LogP contribution in [-0.2, 0) is 19.5 Å². The van der Waals surface area contributed by atoms with Crippen LogP contribution in [0.3, 0.4) is 0 Å². The number of aromatic amines is 1. The largest absolute Gasteiger partial charge is 0.327 e. The van der Waals surface area contributed by atoms with Gasteiger partial charge in [-0.3, -0.25) is 19.5 Å². The standard InChI is InChI=1S/C23H25N5O2S/c1-15-8-12-31-20(15)14-27-11-7-17-16(13-27)22(29)26-21(25-17)19-6-4-10-28(19)23(30)18-5-2-3-9-24-18/h2-3,5,8-9,12,19H,4,6-7,10-11,13-14H2,1H3,(H,25,26,29)/t19-/m0/s1. The fourth-order valence-electron chi connectivity index (χ4n) is 4.49. The molecule has 3 aromatic rings. The number of fused-ring (bicyclic) bond motifs is 1. The van der Waals surface area contributed by atoms with Crippen LogP contribution in [0, 0.1) is 6.92 Å². The number of nitrogens with zero attached hydrogens (tertiary/aromatic N) is 4. The Balaban J connectivity index is 1.37. The molecule has 7 nitrogen and oxygen atoms in total. The number of carbonyl (C=O) groups is 1. The second-order valence-electron chi connectivity index (χ2n) is 8.24. The minimum absolute atomic E-state index is 0.0789. The molecule has 0 radical (unpaired) electrons. The van der Waals surface area contributed by atoms with Crippen LogP contribution in [0.4, 0.5) is 0 Å². The number of rotatable bonds is 4. The lowest BCUT2D eigenvalue weighted by Crippen LogP contribution is -2.37. The smallest absolute Gasteiger partial charge is 0.273 e. The van der Waals surface area contributed by atoms with E-state index in [1.807, 2.05) is 6.07 Å². The third-order valence-electron chi connectivity index (χ3n) is 6.21. The Kier molecular flexibility index (Phi) is 5.41. The highest BCUT2D eigenvalue weighted by atomic mass is 32.1. The van der Waals surface area contributed by atoms with E-state index in [0.717, 1.165) is 43.6 Å². The average Bonchev–Trinajstić information content (AvgIpc) is 3.43. The molecular weight excluding hydrogens is 410 g/mol. The van der Waals surface area contributed by atoms with Crippen molar-refractivity contribution in [2.24, 2.45) is 0 Å². The number of aryl methyl sites for hydroxylation is 1. The number of likely N-dealkylation sites (tertiary alicyclic amines) is 1. The van der Waals surface area contributed by atoms with E-state index in [1.165, 1.54) is 10.4 Å². The zero-order valence-electron chi connectivity index (χ0n) is 17.5. The van der Waals surface area contributed by atoms with E-state index in [4.69, 9.17) is 4.98 Å². The average molecular weight is 436 g/mol. The molecule has 2 aliphatic heterocycles. The molecule has 0 bridgehead atoms. The first-order valence-electron chi connectivity index (χ1n) is 10.7. The third-order valence-corrected chi connectivity index (χ3v) is 7.22. The van der Waals surface area contributed by atoms with Crippen molar-refractivity contribution in [1.29, 1.82) is 0 Å². The molecule has 1 amide bonds. The molecule has 5 rings (SSSR count). The number of pyridine rings is 1. The Morgan fingerprint density at radius 1 is 1.29 bits per heavy atom. The Bertz CT molecular complexity index is 1160. The molecule has 8 heteroatoms. The summed E-state index contributed by atoms with van der Waals surface area (Å²) in [4.78, 5) is 43.4. The van der Waals surface area contributed by atoms with Crippen molar-refractivity contribution < 1.29 is 4.79 Å². The number of carbonyl (C=O) groups excluding carboxylic acids is 1. The van der Waals surface area contributed by atoms with Gasteiger partial charge in [0.15, 0.2) is 0 Å². The van der Waals surface area contributed by atoms with Crippen molar-refractivity contribution in [1.82, 2.24) is 24.8 Å². The predicted octanol–water partition coefficient (Wildman–Crippen LogP) is 3.07. The van der Waals surface area contributed by atoms with E-state index >= 15 is 0 Å². The second kappa shape index (κ2) is 8.36. The summed E-state index contributed by atoms with van der Waals surface area (Å²) in [6, 6.07) is 7.26. The maximum Gasteiger partial charge on any atom is 0.273 e. The summed E-state index contributed by atoms with van der Waals surface area (Å²) in [6.45, 7) is 5.12. The minimum atomic E-state index is -0.209. The first-order valence-corrected chi connectivity index (χ1v) is 11.6. The van der Waals surface area contributed by atoms with Gasteiger partial charge in [-0.15, -0.1) is 11.3 Å². The summed E-state index contributed by atoms with van der Waals surface area (Å²) < 4.78 is 0. The van der Waals surface area contributed by atoms with Gasteiger partial charge in [0.25, 0.3) is 11.5 Å². The van der Waals surface area contributed by atoms with Crippen molar-refractivity contribution in [2.75, 3.05) is 13.1 Å². The van der Waals surface area contributed by atoms with Crippen molar-refractivity contribution in [3.8, 4) is 0 Å². The van der Waals surface area contributed by atoms with Crippen LogP contribution >= 0.6 is 11.3 Å². The number of H-pyrrole nitrogens is 1. The molecule has 3 aromatic heterocycles. The van der Waals surface area contributed by atoms with Gasteiger partial charge in [0.05, 0.1) is 17.3 Å². The molecule has 1 fully saturated rings.